The zero-order valence-electron chi connectivity index (χ0n) is 20.3. The molecule has 0 fully saturated rings. The summed E-state index contributed by atoms with van der Waals surface area (Å²) >= 11 is 0. The van der Waals surface area contributed by atoms with Crippen LogP contribution in [0.5, 0.6) is 11.6 Å². The number of hydrogen-bond donors (Lipinski definition) is 2. The Kier molecular flexibility index (Phi) is 6.12. The van der Waals surface area contributed by atoms with Crippen molar-refractivity contribution in [1.82, 2.24) is 29.4 Å². The number of H-pyrrole nitrogens is 1. The molecule has 0 aliphatic rings. The van der Waals surface area contributed by atoms with Gasteiger partial charge in [0.25, 0.3) is 5.91 Å². The van der Waals surface area contributed by atoms with Crippen molar-refractivity contribution in [2.75, 3.05) is 14.2 Å². The number of imidazole rings is 2. The van der Waals surface area contributed by atoms with Crippen LogP contribution in [0.3, 0.4) is 0 Å². The van der Waals surface area contributed by atoms with Gasteiger partial charge < -0.3 is 24.3 Å². The van der Waals surface area contributed by atoms with Gasteiger partial charge in [0.2, 0.25) is 5.88 Å². The number of phenolic OH excluding ortho intramolecular Hbond substituents is 1. The topological polar surface area (TPSA) is 109 Å². The number of fused-ring (bicyclic) bond motifs is 1. The maximum Gasteiger partial charge on any atom is 0.254 e. The number of carbonyl (C=O) groups excluding carboxylic acids is 1. The normalized spacial score (nSPS) is 11.1. The molecule has 0 saturated carbocycles. The molecule has 5 aromatic rings. The van der Waals surface area contributed by atoms with Gasteiger partial charge in [-0.25, -0.2) is 15.0 Å². The predicted octanol–water partition coefficient (Wildman–Crippen LogP) is 4.49. The SMILES string of the molecule is CCn1ccnc1CN(C)C(=O)c1ccc2[nH]c(-c3cc(-c4cccnc4OC)ccc3O)nc2c1. The Labute approximate surface area is 208 Å². The maximum absolute atomic E-state index is 13.1. The Morgan fingerprint density at radius 1 is 1.11 bits per heavy atom. The van der Waals surface area contributed by atoms with Crippen molar-refractivity contribution in [3.63, 3.8) is 0 Å². The van der Waals surface area contributed by atoms with Crippen LogP contribution in [-0.4, -0.2) is 54.6 Å². The highest BCUT2D eigenvalue weighted by Gasteiger charge is 2.17. The number of ether oxygens (including phenoxy) is 1. The fourth-order valence-electron chi connectivity index (χ4n) is 4.22. The molecule has 0 atom stereocenters. The van der Waals surface area contributed by atoms with Crippen molar-refractivity contribution < 1.29 is 14.6 Å². The molecular formula is C27H26N6O3. The number of benzene rings is 2. The predicted molar refractivity (Wildman–Crippen MR) is 137 cm³/mol. The van der Waals surface area contributed by atoms with Gasteiger partial charge in [-0.2, -0.15) is 0 Å². The van der Waals surface area contributed by atoms with E-state index >= 15 is 0 Å². The van der Waals surface area contributed by atoms with E-state index in [-0.39, 0.29) is 11.7 Å². The molecule has 0 aliphatic carbocycles. The molecule has 0 aliphatic heterocycles. The second-order valence-electron chi connectivity index (χ2n) is 8.40. The van der Waals surface area contributed by atoms with Crippen molar-refractivity contribution in [2.24, 2.45) is 0 Å². The van der Waals surface area contributed by atoms with Crippen LogP contribution in [0.15, 0.2) is 67.1 Å². The van der Waals surface area contributed by atoms with Crippen LogP contribution >= 0.6 is 0 Å². The summed E-state index contributed by atoms with van der Waals surface area (Å²) in [4.78, 5) is 31.3. The van der Waals surface area contributed by atoms with Crippen LogP contribution in [0.4, 0.5) is 0 Å². The first-order valence-electron chi connectivity index (χ1n) is 11.6. The number of methoxy groups -OCH3 is 1. The van der Waals surface area contributed by atoms with Crippen LogP contribution in [0.25, 0.3) is 33.5 Å². The van der Waals surface area contributed by atoms with E-state index in [0.29, 0.717) is 34.9 Å². The molecule has 36 heavy (non-hydrogen) atoms. The van der Waals surface area contributed by atoms with E-state index in [1.807, 2.05) is 42.0 Å². The summed E-state index contributed by atoms with van der Waals surface area (Å²) in [6.45, 7) is 3.24. The number of aromatic nitrogens is 5. The van der Waals surface area contributed by atoms with Gasteiger partial charge in [-0.1, -0.05) is 6.07 Å². The lowest BCUT2D eigenvalue weighted by Gasteiger charge is -2.17. The van der Waals surface area contributed by atoms with E-state index in [2.05, 4.69) is 19.9 Å². The molecule has 0 unspecified atom stereocenters. The molecular weight excluding hydrogens is 456 g/mol. The Balaban J connectivity index is 1.45. The van der Waals surface area contributed by atoms with Gasteiger partial charge in [0, 0.05) is 43.3 Å². The third kappa shape index (κ3) is 4.26. The summed E-state index contributed by atoms with van der Waals surface area (Å²) in [6, 6.07) is 14.3. The lowest BCUT2D eigenvalue weighted by Crippen LogP contribution is -2.27. The van der Waals surface area contributed by atoms with Gasteiger partial charge in [0.1, 0.15) is 17.4 Å². The highest BCUT2D eigenvalue weighted by molar-refractivity contribution is 5.97. The monoisotopic (exact) mass is 482 g/mol. The minimum absolute atomic E-state index is 0.0862. The van der Waals surface area contributed by atoms with E-state index < -0.39 is 0 Å². The standard InChI is InChI=1S/C27H26N6O3/c1-4-33-13-12-28-24(33)16-32(2)27(35)18-7-9-21-22(15-18)31-25(30-21)20-14-17(8-10-23(20)34)19-6-5-11-29-26(19)36-3/h5-15,34H,4,16H2,1-3H3,(H,30,31). The minimum Gasteiger partial charge on any atom is -0.507 e. The summed E-state index contributed by atoms with van der Waals surface area (Å²) in [5.41, 5.74) is 4.08. The van der Waals surface area contributed by atoms with E-state index in [1.165, 1.54) is 0 Å². The number of phenols is 1. The number of carbonyl (C=O) groups is 1. The molecule has 2 aromatic carbocycles. The molecule has 2 N–H and O–H groups in total. The highest BCUT2D eigenvalue weighted by Crippen LogP contribution is 2.35. The summed E-state index contributed by atoms with van der Waals surface area (Å²) in [6.07, 6.45) is 5.31. The van der Waals surface area contributed by atoms with Crippen molar-refractivity contribution in [3.8, 4) is 34.1 Å². The van der Waals surface area contributed by atoms with Gasteiger partial charge in [-0.05, 0) is 55.0 Å². The number of hydrogen-bond acceptors (Lipinski definition) is 6. The van der Waals surface area contributed by atoms with Crippen molar-refractivity contribution in [1.29, 1.82) is 0 Å². The number of rotatable bonds is 7. The molecule has 0 saturated heterocycles. The summed E-state index contributed by atoms with van der Waals surface area (Å²) in [5.74, 6) is 1.78. The van der Waals surface area contributed by atoms with Gasteiger partial charge >= 0.3 is 0 Å². The van der Waals surface area contributed by atoms with Crippen molar-refractivity contribution >= 4 is 16.9 Å². The minimum atomic E-state index is -0.124. The number of amides is 1. The molecule has 0 bridgehead atoms. The number of nitrogens with one attached hydrogen (secondary N) is 1. The average molecular weight is 483 g/mol. The molecule has 9 heteroatoms. The molecule has 182 valence electrons. The molecule has 9 nitrogen and oxygen atoms in total. The van der Waals surface area contributed by atoms with Crippen LogP contribution < -0.4 is 4.74 Å². The molecule has 1 amide bonds. The Morgan fingerprint density at radius 2 is 1.97 bits per heavy atom. The summed E-state index contributed by atoms with van der Waals surface area (Å²) in [7, 11) is 3.33. The second-order valence-corrected chi connectivity index (χ2v) is 8.40. The molecule has 5 rings (SSSR count). The van der Waals surface area contributed by atoms with Crippen LogP contribution in [0, 0.1) is 0 Å². The van der Waals surface area contributed by atoms with E-state index in [0.717, 1.165) is 29.0 Å². The van der Waals surface area contributed by atoms with Crippen LogP contribution in [0.1, 0.15) is 23.1 Å². The quantitative estimate of drug-likeness (QED) is 0.354. The third-order valence-corrected chi connectivity index (χ3v) is 6.12. The van der Waals surface area contributed by atoms with E-state index in [9.17, 15) is 9.90 Å². The lowest BCUT2D eigenvalue weighted by atomic mass is 10.0. The van der Waals surface area contributed by atoms with Gasteiger partial charge in [0.15, 0.2) is 0 Å². The zero-order valence-corrected chi connectivity index (χ0v) is 20.3. The number of aryl methyl sites for hydroxylation is 1. The maximum atomic E-state index is 13.1. The summed E-state index contributed by atoms with van der Waals surface area (Å²) in [5, 5.41) is 10.6. The van der Waals surface area contributed by atoms with Crippen LogP contribution in [-0.2, 0) is 13.1 Å². The van der Waals surface area contributed by atoms with Gasteiger partial charge in [-0.3, -0.25) is 4.79 Å². The Morgan fingerprint density at radius 3 is 2.78 bits per heavy atom. The van der Waals surface area contributed by atoms with E-state index in [1.54, 1.807) is 55.7 Å². The second kappa shape index (κ2) is 9.53. The first kappa shape index (κ1) is 23.1. The number of nitrogens with zero attached hydrogens (tertiary/aromatic N) is 5. The van der Waals surface area contributed by atoms with E-state index in [4.69, 9.17) is 4.74 Å². The van der Waals surface area contributed by atoms with Crippen molar-refractivity contribution in [2.45, 2.75) is 20.0 Å². The Bertz CT molecular complexity index is 1550. The van der Waals surface area contributed by atoms with Gasteiger partial charge in [0.05, 0.1) is 30.3 Å². The zero-order chi connectivity index (χ0) is 25.2. The largest absolute Gasteiger partial charge is 0.507 e. The number of pyridine rings is 1. The first-order chi connectivity index (χ1) is 17.5. The van der Waals surface area contributed by atoms with Crippen molar-refractivity contribution in [3.05, 3.63) is 78.5 Å². The molecule has 0 spiro atoms. The van der Waals surface area contributed by atoms with Gasteiger partial charge in [-0.15, -0.1) is 0 Å². The number of aromatic amines is 1. The third-order valence-electron chi connectivity index (χ3n) is 6.12. The summed E-state index contributed by atoms with van der Waals surface area (Å²) < 4.78 is 7.39. The fraction of sp³-hybridized carbons (Fsp3) is 0.185. The lowest BCUT2D eigenvalue weighted by molar-refractivity contribution is 0.0780. The number of aromatic hydroxyl groups is 1. The fourth-order valence-corrected chi connectivity index (χ4v) is 4.22. The molecule has 0 radical (unpaired) electrons. The smallest absolute Gasteiger partial charge is 0.254 e. The highest BCUT2D eigenvalue weighted by atomic mass is 16.5. The molecule has 3 aromatic heterocycles. The Hall–Kier alpha value is -4.66. The first-order valence-corrected chi connectivity index (χ1v) is 11.6. The molecule has 3 heterocycles. The van der Waals surface area contributed by atoms with Crippen LogP contribution in [0.2, 0.25) is 0 Å². The average Bonchev–Trinajstić information content (AvgIpc) is 3.54.